The Morgan fingerprint density at radius 1 is 1.00 bits per heavy atom. The minimum absolute atomic E-state index is 0.0384. The van der Waals surface area contributed by atoms with Crippen LogP contribution in [0.15, 0.2) is 85.1 Å². The number of pyridine rings is 1. The summed E-state index contributed by atoms with van der Waals surface area (Å²) in [5.74, 6) is 0.656. The number of aromatic nitrogens is 2. The number of carbonyl (C=O) groups excluding carboxylic acids is 1. The fourth-order valence-electron chi connectivity index (χ4n) is 4.39. The van der Waals surface area contributed by atoms with Crippen LogP contribution < -0.4 is 9.64 Å². The summed E-state index contributed by atoms with van der Waals surface area (Å²) in [5.41, 5.74) is 4.59. The standard InChI is InChI=1S/C28H21N3O2S/c1-18-27(30-28(34-18)23-11-4-5-14-29-23)20-12-13-25-24(15-20)31(26(32)17-33-25)16-21-9-6-8-19-7-2-3-10-22(19)21/h2-15H,16-17H2,1H3. The molecule has 0 fully saturated rings. The van der Waals surface area contributed by atoms with E-state index >= 15 is 0 Å². The molecule has 34 heavy (non-hydrogen) atoms. The molecule has 166 valence electrons. The van der Waals surface area contributed by atoms with Gasteiger partial charge in [-0.25, -0.2) is 4.98 Å². The van der Waals surface area contributed by atoms with Crippen molar-refractivity contribution in [2.24, 2.45) is 0 Å². The number of nitrogens with zero attached hydrogens (tertiary/aromatic N) is 3. The normalized spacial score (nSPS) is 13.1. The second-order valence-electron chi connectivity index (χ2n) is 8.23. The van der Waals surface area contributed by atoms with E-state index in [1.54, 1.807) is 17.5 Å². The van der Waals surface area contributed by atoms with Crippen molar-refractivity contribution in [3.8, 4) is 27.7 Å². The zero-order valence-electron chi connectivity index (χ0n) is 18.6. The number of hydrogen-bond donors (Lipinski definition) is 0. The van der Waals surface area contributed by atoms with Crippen LogP contribution in [0.1, 0.15) is 10.4 Å². The highest BCUT2D eigenvalue weighted by atomic mass is 32.1. The number of ether oxygens (including phenoxy) is 1. The molecule has 0 atom stereocenters. The summed E-state index contributed by atoms with van der Waals surface area (Å²) in [4.78, 5) is 25.2. The minimum Gasteiger partial charge on any atom is -0.482 e. The molecule has 1 amide bonds. The van der Waals surface area contributed by atoms with Gasteiger partial charge in [-0.2, -0.15) is 0 Å². The van der Waals surface area contributed by atoms with Crippen LogP contribution in [0.3, 0.4) is 0 Å². The molecule has 2 aromatic heterocycles. The number of hydrogen-bond acceptors (Lipinski definition) is 5. The summed E-state index contributed by atoms with van der Waals surface area (Å²) < 4.78 is 5.77. The summed E-state index contributed by atoms with van der Waals surface area (Å²) in [5, 5.41) is 3.19. The van der Waals surface area contributed by atoms with Crippen molar-refractivity contribution in [1.82, 2.24) is 9.97 Å². The number of benzene rings is 3. The second kappa shape index (κ2) is 8.39. The van der Waals surface area contributed by atoms with E-state index in [9.17, 15) is 4.79 Å². The number of fused-ring (bicyclic) bond motifs is 2. The fraction of sp³-hybridized carbons (Fsp3) is 0.107. The van der Waals surface area contributed by atoms with E-state index in [0.29, 0.717) is 12.3 Å². The number of amides is 1. The molecule has 0 aliphatic carbocycles. The van der Waals surface area contributed by atoms with Crippen LogP contribution in [-0.2, 0) is 11.3 Å². The maximum atomic E-state index is 13.0. The average Bonchev–Trinajstić information content (AvgIpc) is 3.28. The minimum atomic E-state index is -0.0539. The van der Waals surface area contributed by atoms with E-state index in [-0.39, 0.29) is 12.5 Å². The Kier molecular flexibility index (Phi) is 5.08. The Hall–Kier alpha value is -4.03. The molecule has 1 aliphatic heterocycles. The lowest BCUT2D eigenvalue weighted by atomic mass is 10.0. The molecule has 1 aliphatic rings. The predicted octanol–water partition coefficient (Wildman–Crippen LogP) is 6.26. The van der Waals surface area contributed by atoms with Crippen LogP contribution in [0.2, 0.25) is 0 Å². The van der Waals surface area contributed by atoms with E-state index in [4.69, 9.17) is 9.72 Å². The smallest absolute Gasteiger partial charge is 0.265 e. The summed E-state index contributed by atoms with van der Waals surface area (Å²) in [6.07, 6.45) is 1.78. The third kappa shape index (κ3) is 3.62. The molecule has 5 aromatic rings. The van der Waals surface area contributed by atoms with Crippen molar-refractivity contribution in [3.05, 3.63) is 95.5 Å². The predicted molar refractivity (Wildman–Crippen MR) is 136 cm³/mol. The van der Waals surface area contributed by atoms with Crippen molar-refractivity contribution in [2.45, 2.75) is 13.5 Å². The van der Waals surface area contributed by atoms with Gasteiger partial charge in [-0.3, -0.25) is 9.78 Å². The first-order chi connectivity index (χ1) is 16.7. The first-order valence-electron chi connectivity index (χ1n) is 11.1. The fourth-order valence-corrected chi connectivity index (χ4v) is 5.30. The van der Waals surface area contributed by atoms with Gasteiger partial charge in [0, 0.05) is 16.6 Å². The van der Waals surface area contributed by atoms with E-state index in [1.165, 1.54) is 0 Å². The third-order valence-corrected chi connectivity index (χ3v) is 7.06. The number of anilines is 1. The third-order valence-electron chi connectivity index (χ3n) is 6.06. The van der Waals surface area contributed by atoms with Gasteiger partial charge >= 0.3 is 0 Å². The highest BCUT2D eigenvalue weighted by Gasteiger charge is 2.27. The molecule has 3 aromatic carbocycles. The first-order valence-corrected chi connectivity index (χ1v) is 11.9. The monoisotopic (exact) mass is 463 g/mol. The van der Waals surface area contributed by atoms with Crippen LogP contribution in [0.25, 0.3) is 32.7 Å². The number of thiazole rings is 1. The van der Waals surface area contributed by atoms with E-state index in [0.717, 1.165) is 48.9 Å². The lowest BCUT2D eigenvalue weighted by Crippen LogP contribution is -2.38. The van der Waals surface area contributed by atoms with E-state index < -0.39 is 0 Å². The largest absolute Gasteiger partial charge is 0.482 e. The zero-order chi connectivity index (χ0) is 23.1. The van der Waals surface area contributed by atoms with Gasteiger partial charge in [-0.05, 0) is 53.6 Å². The van der Waals surface area contributed by atoms with Crippen molar-refractivity contribution in [1.29, 1.82) is 0 Å². The zero-order valence-corrected chi connectivity index (χ0v) is 19.4. The quantitative estimate of drug-likeness (QED) is 0.316. The molecule has 6 rings (SSSR count). The molecule has 0 N–H and O–H groups in total. The SMILES string of the molecule is Cc1sc(-c2ccccn2)nc1-c1ccc2c(c1)N(Cc1cccc3ccccc13)C(=O)CO2. The van der Waals surface area contributed by atoms with E-state index in [1.807, 2.05) is 59.5 Å². The molecule has 0 radical (unpaired) electrons. The van der Waals surface area contributed by atoms with Gasteiger partial charge in [0.25, 0.3) is 5.91 Å². The molecule has 0 saturated carbocycles. The molecular formula is C28H21N3O2S. The summed E-state index contributed by atoms with van der Waals surface area (Å²) in [7, 11) is 0. The molecule has 6 heteroatoms. The van der Waals surface area contributed by atoms with Crippen LogP contribution in [0.4, 0.5) is 5.69 Å². The van der Waals surface area contributed by atoms with Crippen LogP contribution in [0.5, 0.6) is 5.75 Å². The van der Waals surface area contributed by atoms with Gasteiger partial charge in [0.05, 0.1) is 23.6 Å². The molecule has 0 bridgehead atoms. The van der Waals surface area contributed by atoms with E-state index in [2.05, 4.69) is 36.2 Å². The van der Waals surface area contributed by atoms with Crippen LogP contribution in [0, 0.1) is 6.92 Å². The van der Waals surface area contributed by atoms with Gasteiger partial charge in [0.15, 0.2) is 6.61 Å². The number of carbonyl (C=O) groups is 1. The van der Waals surface area contributed by atoms with Gasteiger partial charge in [-0.1, -0.05) is 48.5 Å². The van der Waals surface area contributed by atoms with Gasteiger partial charge in [0.2, 0.25) is 0 Å². The Labute approximate surface area is 201 Å². The molecular weight excluding hydrogens is 442 g/mol. The lowest BCUT2D eigenvalue weighted by Gasteiger charge is -2.30. The molecule has 0 saturated heterocycles. The Morgan fingerprint density at radius 3 is 2.74 bits per heavy atom. The summed E-state index contributed by atoms with van der Waals surface area (Å²) in [6, 6.07) is 26.3. The maximum Gasteiger partial charge on any atom is 0.265 e. The van der Waals surface area contributed by atoms with Crippen molar-refractivity contribution < 1.29 is 9.53 Å². The maximum absolute atomic E-state index is 13.0. The number of aryl methyl sites for hydroxylation is 1. The number of rotatable bonds is 4. The van der Waals surface area contributed by atoms with Crippen molar-refractivity contribution in [2.75, 3.05) is 11.5 Å². The molecule has 3 heterocycles. The second-order valence-corrected chi connectivity index (χ2v) is 9.43. The van der Waals surface area contributed by atoms with Gasteiger partial charge in [-0.15, -0.1) is 11.3 Å². The highest BCUT2D eigenvalue weighted by molar-refractivity contribution is 7.15. The summed E-state index contributed by atoms with van der Waals surface area (Å²) >= 11 is 1.62. The molecule has 5 nitrogen and oxygen atoms in total. The van der Waals surface area contributed by atoms with Crippen molar-refractivity contribution in [3.63, 3.8) is 0 Å². The Morgan fingerprint density at radius 2 is 1.85 bits per heavy atom. The molecule has 0 unspecified atom stereocenters. The average molecular weight is 464 g/mol. The van der Waals surface area contributed by atoms with Gasteiger partial charge in [0.1, 0.15) is 10.8 Å². The lowest BCUT2D eigenvalue weighted by molar-refractivity contribution is -0.121. The highest BCUT2D eigenvalue weighted by Crippen LogP contribution is 2.39. The van der Waals surface area contributed by atoms with Crippen molar-refractivity contribution >= 4 is 33.7 Å². The Bertz CT molecular complexity index is 1520. The summed E-state index contributed by atoms with van der Waals surface area (Å²) in [6.45, 7) is 2.58. The first kappa shape index (κ1) is 20.6. The van der Waals surface area contributed by atoms with Gasteiger partial charge < -0.3 is 9.64 Å². The molecule has 0 spiro atoms. The van der Waals surface area contributed by atoms with Crippen LogP contribution >= 0.6 is 11.3 Å². The van der Waals surface area contributed by atoms with Crippen LogP contribution in [-0.4, -0.2) is 22.5 Å². The topological polar surface area (TPSA) is 55.3 Å². The Balaban J connectivity index is 1.40.